The van der Waals surface area contributed by atoms with Crippen LogP contribution in [0.2, 0.25) is 0 Å². The molecule has 0 spiro atoms. The molecular formula is C21H24N4O3. The number of nitro benzene ring substituents is 1. The van der Waals surface area contributed by atoms with Crippen molar-refractivity contribution in [1.29, 1.82) is 0 Å². The Balaban J connectivity index is 1.51. The number of non-ortho nitro benzene ring substituents is 1. The molecule has 0 bridgehead atoms. The fourth-order valence-electron chi connectivity index (χ4n) is 3.25. The first-order valence-electron chi connectivity index (χ1n) is 9.22. The standard InChI is InChI=1S/C21H24N4O3/c1-15(16-6-5-7-18(12-16)25(27)28)24(2)14-21(26)22-11-10-17-13-23-20-9-4-3-8-19(17)20/h3-9,12-13,15,23H,10-11,14H2,1-2H3,(H,22,26)/t15-/m0/s1. The van der Waals surface area contributed by atoms with Crippen molar-refractivity contribution in [2.45, 2.75) is 19.4 Å². The lowest BCUT2D eigenvalue weighted by Gasteiger charge is -2.24. The predicted molar refractivity (Wildman–Crippen MR) is 109 cm³/mol. The van der Waals surface area contributed by atoms with Crippen LogP contribution >= 0.6 is 0 Å². The zero-order chi connectivity index (χ0) is 20.1. The quantitative estimate of drug-likeness (QED) is 0.463. The fraction of sp³-hybridized carbons (Fsp3) is 0.286. The maximum Gasteiger partial charge on any atom is 0.269 e. The number of aromatic amines is 1. The van der Waals surface area contributed by atoms with Gasteiger partial charge in [-0.1, -0.05) is 30.3 Å². The van der Waals surface area contributed by atoms with E-state index in [0.29, 0.717) is 6.54 Å². The van der Waals surface area contributed by atoms with Crippen LogP contribution in [0.1, 0.15) is 24.1 Å². The molecule has 0 unspecified atom stereocenters. The molecule has 2 aromatic carbocycles. The minimum atomic E-state index is -0.409. The van der Waals surface area contributed by atoms with E-state index in [1.54, 1.807) is 12.1 Å². The van der Waals surface area contributed by atoms with Crippen LogP contribution in [0.3, 0.4) is 0 Å². The number of carbonyl (C=O) groups is 1. The van der Waals surface area contributed by atoms with E-state index in [0.717, 1.165) is 17.5 Å². The van der Waals surface area contributed by atoms with Gasteiger partial charge in [-0.25, -0.2) is 0 Å². The summed E-state index contributed by atoms with van der Waals surface area (Å²) in [5.74, 6) is -0.0698. The van der Waals surface area contributed by atoms with Crippen LogP contribution < -0.4 is 5.32 Å². The van der Waals surface area contributed by atoms with E-state index in [9.17, 15) is 14.9 Å². The highest BCUT2D eigenvalue weighted by molar-refractivity contribution is 5.83. The number of benzene rings is 2. The molecule has 1 heterocycles. The van der Waals surface area contributed by atoms with Gasteiger partial charge in [-0.05, 0) is 37.6 Å². The number of para-hydroxylation sites is 1. The Morgan fingerprint density at radius 2 is 2.04 bits per heavy atom. The Morgan fingerprint density at radius 1 is 1.25 bits per heavy atom. The minimum Gasteiger partial charge on any atom is -0.361 e. The maximum atomic E-state index is 12.3. The minimum absolute atomic E-state index is 0.0564. The van der Waals surface area contributed by atoms with Crippen molar-refractivity contribution in [2.24, 2.45) is 0 Å². The van der Waals surface area contributed by atoms with Crippen molar-refractivity contribution in [3.05, 3.63) is 76.0 Å². The van der Waals surface area contributed by atoms with Crippen LogP contribution in [0.15, 0.2) is 54.7 Å². The number of rotatable bonds is 8. The van der Waals surface area contributed by atoms with Crippen LogP contribution in [0, 0.1) is 10.1 Å². The molecule has 146 valence electrons. The third-order valence-corrected chi connectivity index (χ3v) is 5.01. The topological polar surface area (TPSA) is 91.3 Å². The van der Waals surface area contributed by atoms with E-state index in [-0.39, 0.29) is 24.2 Å². The Hall–Kier alpha value is -3.19. The van der Waals surface area contributed by atoms with Gasteiger partial charge in [-0.15, -0.1) is 0 Å². The van der Waals surface area contributed by atoms with E-state index in [4.69, 9.17) is 0 Å². The van der Waals surface area contributed by atoms with Crippen molar-refractivity contribution in [3.8, 4) is 0 Å². The first-order valence-corrected chi connectivity index (χ1v) is 9.22. The molecule has 0 aliphatic heterocycles. The molecule has 1 amide bonds. The first kappa shape index (κ1) is 19.6. The summed E-state index contributed by atoms with van der Waals surface area (Å²) < 4.78 is 0. The van der Waals surface area contributed by atoms with Gasteiger partial charge in [0, 0.05) is 41.8 Å². The lowest BCUT2D eigenvalue weighted by molar-refractivity contribution is -0.384. The van der Waals surface area contributed by atoms with Crippen molar-refractivity contribution in [1.82, 2.24) is 15.2 Å². The Kier molecular flexibility index (Phi) is 6.06. The molecule has 3 aromatic rings. The van der Waals surface area contributed by atoms with Gasteiger partial charge >= 0.3 is 0 Å². The normalized spacial score (nSPS) is 12.2. The number of carbonyl (C=O) groups excluding carboxylic acids is 1. The molecule has 0 fully saturated rings. The van der Waals surface area contributed by atoms with Gasteiger partial charge in [0.1, 0.15) is 0 Å². The highest BCUT2D eigenvalue weighted by Gasteiger charge is 2.17. The molecule has 0 radical (unpaired) electrons. The molecule has 0 aliphatic carbocycles. The van der Waals surface area contributed by atoms with Gasteiger partial charge in [-0.2, -0.15) is 0 Å². The predicted octanol–water partition coefficient (Wildman–Crippen LogP) is 3.43. The maximum absolute atomic E-state index is 12.3. The molecular weight excluding hydrogens is 356 g/mol. The molecule has 0 aliphatic rings. The molecule has 7 nitrogen and oxygen atoms in total. The number of likely N-dealkylation sites (N-methyl/N-ethyl adjacent to an activating group) is 1. The van der Waals surface area contributed by atoms with Gasteiger partial charge < -0.3 is 10.3 Å². The number of nitro groups is 1. The molecule has 1 atom stereocenters. The van der Waals surface area contributed by atoms with Gasteiger partial charge in [0.15, 0.2) is 0 Å². The van der Waals surface area contributed by atoms with E-state index in [1.165, 1.54) is 17.0 Å². The van der Waals surface area contributed by atoms with E-state index in [1.807, 2.05) is 49.3 Å². The number of nitrogens with one attached hydrogen (secondary N) is 2. The van der Waals surface area contributed by atoms with Crippen molar-refractivity contribution < 1.29 is 9.72 Å². The molecule has 0 saturated carbocycles. The lowest BCUT2D eigenvalue weighted by atomic mass is 10.1. The summed E-state index contributed by atoms with van der Waals surface area (Å²) in [5.41, 5.74) is 3.13. The van der Waals surface area contributed by atoms with E-state index >= 15 is 0 Å². The summed E-state index contributed by atoms with van der Waals surface area (Å²) in [7, 11) is 1.84. The molecule has 1 aromatic heterocycles. The Labute approximate surface area is 163 Å². The Bertz CT molecular complexity index is 982. The zero-order valence-electron chi connectivity index (χ0n) is 16.0. The summed E-state index contributed by atoms with van der Waals surface area (Å²) in [4.78, 5) is 27.9. The third kappa shape index (κ3) is 4.55. The summed E-state index contributed by atoms with van der Waals surface area (Å²) in [6, 6.07) is 14.5. The number of hydrogen-bond acceptors (Lipinski definition) is 4. The van der Waals surface area contributed by atoms with E-state index in [2.05, 4.69) is 16.4 Å². The van der Waals surface area contributed by atoms with Crippen LogP contribution in [-0.4, -0.2) is 40.9 Å². The average molecular weight is 380 g/mol. The first-order chi connectivity index (χ1) is 13.5. The van der Waals surface area contributed by atoms with Gasteiger partial charge in [0.05, 0.1) is 11.5 Å². The number of fused-ring (bicyclic) bond motifs is 1. The largest absolute Gasteiger partial charge is 0.361 e. The number of amides is 1. The average Bonchev–Trinajstić information content (AvgIpc) is 3.10. The SMILES string of the molecule is C[C@@H](c1cccc([N+](=O)[O-])c1)N(C)CC(=O)NCCc1c[nH]c2ccccc12. The molecule has 3 rings (SSSR count). The number of hydrogen-bond donors (Lipinski definition) is 2. The van der Waals surface area contributed by atoms with Crippen LogP contribution in [0.25, 0.3) is 10.9 Å². The second-order valence-corrected chi connectivity index (χ2v) is 6.90. The second kappa shape index (κ2) is 8.67. The molecule has 28 heavy (non-hydrogen) atoms. The van der Waals surface area contributed by atoms with Crippen molar-refractivity contribution in [2.75, 3.05) is 20.1 Å². The molecule has 7 heteroatoms. The van der Waals surface area contributed by atoms with Crippen LogP contribution in [-0.2, 0) is 11.2 Å². The molecule has 2 N–H and O–H groups in total. The van der Waals surface area contributed by atoms with E-state index < -0.39 is 4.92 Å². The van der Waals surface area contributed by atoms with Crippen molar-refractivity contribution >= 4 is 22.5 Å². The van der Waals surface area contributed by atoms with Gasteiger partial charge in [0.2, 0.25) is 5.91 Å². The smallest absolute Gasteiger partial charge is 0.269 e. The van der Waals surface area contributed by atoms with Crippen molar-refractivity contribution in [3.63, 3.8) is 0 Å². The third-order valence-electron chi connectivity index (χ3n) is 5.01. The fourth-order valence-corrected chi connectivity index (χ4v) is 3.25. The highest BCUT2D eigenvalue weighted by atomic mass is 16.6. The summed E-state index contributed by atoms with van der Waals surface area (Å²) in [6.45, 7) is 2.70. The number of aromatic nitrogens is 1. The van der Waals surface area contributed by atoms with Gasteiger partial charge in [-0.3, -0.25) is 19.8 Å². The summed E-state index contributed by atoms with van der Waals surface area (Å²) >= 11 is 0. The Morgan fingerprint density at radius 3 is 2.82 bits per heavy atom. The van der Waals surface area contributed by atoms with Crippen LogP contribution in [0.5, 0.6) is 0 Å². The summed E-state index contributed by atoms with van der Waals surface area (Å²) in [5, 5.41) is 15.1. The van der Waals surface area contributed by atoms with Gasteiger partial charge in [0.25, 0.3) is 5.69 Å². The molecule has 0 saturated heterocycles. The summed E-state index contributed by atoms with van der Waals surface area (Å²) in [6.07, 6.45) is 2.73. The highest BCUT2D eigenvalue weighted by Crippen LogP contribution is 2.22. The number of H-pyrrole nitrogens is 1. The lowest BCUT2D eigenvalue weighted by Crippen LogP contribution is -2.37. The van der Waals surface area contributed by atoms with Crippen LogP contribution in [0.4, 0.5) is 5.69 Å². The second-order valence-electron chi connectivity index (χ2n) is 6.90. The number of nitrogens with zero attached hydrogens (tertiary/aromatic N) is 2. The monoisotopic (exact) mass is 380 g/mol. The zero-order valence-corrected chi connectivity index (χ0v) is 16.0.